The number of benzene rings is 1. The summed E-state index contributed by atoms with van der Waals surface area (Å²) in [4.78, 5) is 40.8. The van der Waals surface area contributed by atoms with Crippen molar-refractivity contribution in [3.8, 4) is 5.75 Å². The van der Waals surface area contributed by atoms with E-state index in [1.54, 1.807) is 25.1 Å². The normalized spacial score (nSPS) is 21.6. The second-order valence-corrected chi connectivity index (χ2v) is 6.75. The van der Waals surface area contributed by atoms with Crippen LogP contribution in [0.1, 0.15) is 33.1 Å². The fourth-order valence-electron chi connectivity index (χ4n) is 3.78. The van der Waals surface area contributed by atoms with Gasteiger partial charge in [-0.2, -0.15) is 0 Å². The first-order chi connectivity index (χ1) is 13.1. The molecule has 0 aliphatic carbocycles. The van der Waals surface area contributed by atoms with Crippen LogP contribution in [0.2, 0.25) is 0 Å². The van der Waals surface area contributed by atoms with Crippen LogP contribution in [0.25, 0.3) is 0 Å². The number of hydrogen-bond acceptors (Lipinski definition) is 6. The number of likely N-dealkylation sites (tertiary alicyclic amines) is 1. The maximum atomic E-state index is 13.0. The number of carbonyl (C=O) groups is 3. The number of imide groups is 1. The number of piperidine rings is 1. The minimum Gasteiger partial charge on any atom is -0.492 e. The van der Waals surface area contributed by atoms with E-state index in [4.69, 9.17) is 9.47 Å². The third-order valence-corrected chi connectivity index (χ3v) is 5.12. The minimum atomic E-state index is -0.477. The van der Waals surface area contributed by atoms with Crippen molar-refractivity contribution in [3.63, 3.8) is 0 Å². The molecule has 146 valence electrons. The second kappa shape index (κ2) is 8.52. The molecule has 2 fully saturated rings. The zero-order valence-electron chi connectivity index (χ0n) is 15.8. The predicted molar refractivity (Wildman–Crippen MR) is 99.4 cm³/mol. The van der Waals surface area contributed by atoms with Crippen molar-refractivity contribution in [2.24, 2.45) is 5.92 Å². The predicted octanol–water partition coefficient (Wildman–Crippen LogP) is 1.99. The minimum absolute atomic E-state index is 0.122. The Labute approximate surface area is 159 Å². The Hall–Kier alpha value is -2.41. The van der Waals surface area contributed by atoms with Gasteiger partial charge in [0.15, 0.2) is 0 Å². The van der Waals surface area contributed by atoms with E-state index in [0.717, 1.165) is 0 Å². The van der Waals surface area contributed by atoms with Gasteiger partial charge in [0, 0.05) is 0 Å². The number of esters is 1. The van der Waals surface area contributed by atoms with Crippen LogP contribution in [0, 0.1) is 5.92 Å². The SMILES string of the molecule is CCOC(=O)C1CCN(C2CC(=O)N(c3ccccc3OCC)C2=O)CC1. The molecule has 0 aromatic heterocycles. The molecule has 7 heteroatoms. The number of para-hydroxylation sites is 2. The Balaban J connectivity index is 1.70. The highest BCUT2D eigenvalue weighted by atomic mass is 16.5. The summed E-state index contributed by atoms with van der Waals surface area (Å²) in [5.74, 6) is -0.198. The number of ether oxygens (including phenoxy) is 2. The highest BCUT2D eigenvalue weighted by molar-refractivity contribution is 6.23. The Bertz CT molecular complexity index is 712. The molecule has 3 rings (SSSR count). The topological polar surface area (TPSA) is 76.2 Å². The number of amides is 2. The monoisotopic (exact) mass is 374 g/mol. The molecular weight excluding hydrogens is 348 g/mol. The molecule has 0 bridgehead atoms. The van der Waals surface area contributed by atoms with Crippen molar-refractivity contribution < 1.29 is 23.9 Å². The van der Waals surface area contributed by atoms with E-state index >= 15 is 0 Å². The summed E-state index contributed by atoms with van der Waals surface area (Å²) < 4.78 is 10.7. The van der Waals surface area contributed by atoms with Crippen LogP contribution in [-0.2, 0) is 19.1 Å². The van der Waals surface area contributed by atoms with Crippen molar-refractivity contribution >= 4 is 23.5 Å². The summed E-state index contributed by atoms with van der Waals surface area (Å²) in [6.07, 6.45) is 1.45. The van der Waals surface area contributed by atoms with E-state index < -0.39 is 6.04 Å². The largest absolute Gasteiger partial charge is 0.492 e. The molecule has 0 radical (unpaired) electrons. The van der Waals surface area contributed by atoms with Crippen LogP contribution in [0.3, 0.4) is 0 Å². The smallest absolute Gasteiger partial charge is 0.309 e. The quantitative estimate of drug-likeness (QED) is 0.560. The lowest BCUT2D eigenvalue weighted by molar-refractivity contribution is -0.149. The maximum absolute atomic E-state index is 13.0. The summed E-state index contributed by atoms with van der Waals surface area (Å²) in [6.45, 7) is 5.70. The highest BCUT2D eigenvalue weighted by Crippen LogP contribution is 2.34. The van der Waals surface area contributed by atoms with Crippen LogP contribution in [-0.4, -0.2) is 55.0 Å². The third-order valence-electron chi connectivity index (χ3n) is 5.12. The molecule has 2 saturated heterocycles. The van der Waals surface area contributed by atoms with Crippen LogP contribution in [0.5, 0.6) is 5.75 Å². The van der Waals surface area contributed by atoms with Gasteiger partial charge in [-0.1, -0.05) is 12.1 Å². The second-order valence-electron chi connectivity index (χ2n) is 6.75. The van der Waals surface area contributed by atoms with Gasteiger partial charge in [0.2, 0.25) is 5.91 Å². The number of carbonyl (C=O) groups excluding carboxylic acids is 3. The average Bonchev–Trinajstić information content (AvgIpc) is 2.97. The molecule has 2 aliphatic heterocycles. The molecular formula is C20H26N2O5. The lowest BCUT2D eigenvalue weighted by atomic mass is 9.95. The van der Waals surface area contributed by atoms with Gasteiger partial charge in [0.25, 0.3) is 5.91 Å². The molecule has 7 nitrogen and oxygen atoms in total. The van der Waals surface area contributed by atoms with Crippen LogP contribution >= 0.6 is 0 Å². The number of rotatable bonds is 6. The molecule has 1 aromatic carbocycles. The van der Waals surface area contributed by atoms with Gasteiger partial charge in [-0.3, -0.25) is 19.3 Å². The first kappa shape index (κ1) is 19.4. The van der Waals surface area contributed by atoms with Crippen molar-refractivity contribution in [2.45, 2.75) is 39.2 Å². The first-order valence-electron chi connectivity index (χ1n) is 9.56. The molecule has 1 aromatic rings. The van der Waals surface area contributed by atoms with Gasteiger partial charge in [-0.05, 0) is 51.9 Å². The van der Waals surface area contributed by atoms with E-state index in [2.05, 4.69) is 0 Å². The van der Waals surface area contributed by atoms with Gasteiger partial charge in [0.1, 0.15) is 5.75 Å². The van der Waals surface area contributed by atoms with E-state index in [9.17, 15) is 14.4 Å². The lowest BCUT2D eigenvalue weighted by Gasteiger charge is -2.33. The van der Waals surface area contributed by atoms with Crippen molar-refractivity contribution in [3.05, 3.63) is 24.3 Å². The number of anilines is 1. The lowest BCUT2D eigenvalue weighted by Crippen LogP contribution is -2.47. The number of nitrogens with zero attached hydrogens (tertiary/aromatic N) is 2. The van der Waals surface area contributed by atoms with Gasteiger partial charge in [-0.25, -0.2) is 4.90 Å². The van der Waals surface area contributed by atoms with E-state index in [1.165, 1.54) is 4.90 Å². The summed E-state index contributed by atoms with van der Waals surface area (Å²) in [5, 5.41) is 0. The summed E-state index contributed by atoms with van der Waals surface area (Å²) >= 11 is 0. The summed E-state index contributed by atoms with van der Waals surface area (Å²) in [6, 6.07) is 6.62. The Morgan fingerprint density at radius 2 is 1.81 bits per heavy atom. The molecule has 1 atom stereocenters. The molecule has 1 unspecified atom stereocenters. The fraction of sp³-hybridized carbons (Fsp3) is 0.550. The first-order valence-corrected chi connectivity index (χ1v) is 9.56. The Kier molecular flexibility index (Phi) is 6.11. The molecule has 2 aliphatic rings. The van der Waals surface area contributed by atoms with Gasteiger partial charge < -0.3 is 9.47 Å². The van der Waals surface area contributed by atoms with Crippen molar-refractivity contribution in [1.82, 2.24) is 4.90 Å². The standard InChI is InChI=1S/C20H26N2O5/c1-3-26-17-8-6-5-7-15(17)22-18(23)13-16(19(22)24)21-11-9-14(10-12-21)20(25)27-4-2/h5-8,14,16H,3-4,9-13H2,1-2H3. The molecule has 2 heterocycles. The maximum Gasteiger partial charge on any atom is 0.309 e. The van der Waals surface area contributed by atoms with E-state index in [-0.39, 0.29) is 30.1 Å². The number of hydrogen-bond donors (Lipinski definition) is 0. The van der Waals surface area contributed by atoms with E-state index in [1.807, 2.05) is 17.9 Å². The summed E-state index contributed by atoms with van der Waals surface area (Å²) in [5.41, 5.74) is 0.498. The zero-order chi connectivity index (χ0) is 19.4. The molecule has 27 heavy (non-hydrogen) atoms. The van der Waals surface area contributed by atoms with Gasteiger partial charge >= 0.3 is 5.97 Å². The van der Waals surface area contributed by atoms with E-state index in [0.29, 0.717) is 50.6 Å². The highest BCUT2D eigenvalue weighted by Gasteiger charge is 2.44. The third kappa shape index (κ3) is 3.98. The fourth-order valence-corrected chi connectivity index (χ4v) is 3.78. The Morgan fingerprint density at radius 3 is 2.48 bits per heavy atom. The molecule has 0 N–H and O–H groups in total. The zero-order valence-corrected chi connectivity index (χ0v) is 15.8. The van der Waals surface area contributed by atoms with Gasteiger partial charge in [0.05, 0.1) is 37.3 Å². The molecule has 0 spiro atoms. The summed E-state index contributed by atoms with van der Waals surface area (Å²) in [7, 11) is 0. The average molecular weight is 374 g/mol. The van der Waals surface area contributed by atoms with Crippen LogP contribution in [0.15, 0.2) is 24.3 Å². The van der Waals surface area contributed by atoms with Crippen molar-refractivity contribution in [1.29, 1.82) is 0 Å². The molecule has 0 saturated carbocycles. The van der Waals surface area contributed by atoms with Gasteiger partial charge in [-0.15, -0.1) is 0 Å². The van der Waals surface area contributed by atoms with Crippen molar-refractivity contribution in [2.75, 3.05) is 31.2 Å². The van der Waals surface area contributed by atoms with Crippen LogP contribution < -0.4 is 9.64 Å². The molecule has 2 amide bonds. The van der Waals surface area contributed by atoms with Crippen LogP contribution in [0.4, 0.5) is 5.69 Å². The Morgan fingerprint density at radius 1 is 1.11 bits per heavy atom.